The molecule has 1 saturated carbocycles. The lowest BCUT2D eigenvalue weighted by atomic mass is 9.95. The minimum Gasteiger partial charge on any atom is -0.490 e. The predicted octanol–water partition coefficient (Wildman–Crippen LogP) is 3.96. The summed E-state index contributed by atoms with van der Waals surface area (Å²) in [4.78, 5) is 14.1. The highest BCUT2D eigenvalue weighted by Gasteiger charge is 2.16. The third-order valence-electron chi connectivity index (χ3n) is 4.67. The molecule has 27 heavy (non-hydrogen) atoms. The average Bonchev–Trinajstić information content (AvgIpc) is 2.63. The van der Waals surface area contributed by atoms with Crippen molar-refractivity contribution in [3.05, 3.63) is 23.8 Å². The Morgan fingerprint density at radius 3 is 2.67 bits per heavy atom. The maximum Gasteiger partial charge on any atom is 0.387 e. The van der Waals surface area contributed by atoms with E-state index in [9.17, 15) is 13.6 Å². The smallest absolute Gasteiger partial charge is 0.387 e. The molecule has 7 heteroatoms. The zero-order valence-electron chi connectivity index (χ0n) is 16.2. The summed E-state index contributed by atoms with van der Waals surface area (Å²) in [6.45, 7) is 0.472. The number of ether oxygens (including phenoxy) is 2. The van der Waals surface area contributed by atoms with Crippen molar-refractivity contribution < 1.29 is 23.0 Å². The SMILES string of the molecule is CCOc1cc(CN(C)CCC(=O)NC2CCCCC2)ccc1OC(F)F. The van der Waals surface area contributed by atoms with Crippen molar-refractivity contribution in [1.29, 1.82) is 0 Å². The number of nitrogens with one attached hydrogen (secondary N) is 1. The van der Waals surface area contributed by atoms with Gasteiger partial charge in [-0.05, 0) is 44.5 Å². The number of nitrogens with zero attached hydrogens (tertiary/aromatic N) is 1. The van der Waals surface area contributed by atoms with Gasteiger partial charge in [-0.1, -0.05) is 25.3 Å². The fourth-order valence-corrected chi connectivity index (χ4v) is 3.34. The van der Waals surface area contributed by atoms with E-state index < -0.39 is 6.61 Å². The molecule has 1 N–H and O–H groups in total. The monoisotopic (exact) mass is 384 g/mol. The van der Waals surface area contributed by atoms with Gasteiger partial charge in [-0.3, -0.25) is 4.79 Å². The van der Waals surface area contributed by atoms with Gasteiger partial charge in [0.05, 0.1) is 6.61 Å². The molecule has 152 valence electrons. The molecule has 1 amide bonds. The van der Waals surface area contributed by atoms with Crippen LogP contribution in [0.4, 0.5) is 8.78 Å². The van der Waals surface area contributed by atoms with Gasteiger partial charge in [-0.2, -0.15) is 8.78 Å². The van der Waals surface area contributed by atoms with Crippen LogP contribution in [0.25, 0.3) is 0 Å². The number of rotatable bonds is 10. The number of halogens is 2. The third kappa shape index (κ3) is 7.71. The van der Waals surface area contributed by atoms with Crippen molar-refractivity contribution in [2.45, 2.75) is 64.6 Å². The zero-order valence-corrected chi connectivity index (χ0v) is 16.2. The van der Waals surface area contributed by atoms with Gasteiger partial charge in [0.2, 0.25) is 5.91 Å². The molecule has 0 saturated heterocycles. The Kier molecular flexibility index (Phi) is 8.78. The molecule has 0 spiro atoms. The zero-order chi connectivity index (χ0) is 19.6. The minimum atomic E-state index is -2.89. The molecule has 0 radical (unpaired) electrons. The second-order valence-corrected chi connectivity index (χ2v) is 6.98. The Hall–Kier alpha value is -1.89. The van der Waals surface area contributed by atoms with Crippen LogP contribution >= 0.6 is 0 Å². The van der Waals surface area contributed by atoms with E-state index in [2.05, 4.69) is 10.1 Å². The minimum absolute atomic E-state index is 0.0325. The van der Waals surface area contributed by atoms with Crippen LogP contribution in [0.1, 0.15) is 51.0 Å². The van der Waals surface area contributed by atoms with Crippen molar-refractivity contribution in [3.63, 3.8) is 0 Å². The second-order valence-electron chi connectivity index (χ2n) is 6.98. The topological polar surface area (TPSA) is 50.8 Å². The molecule has 0 heterocycles. The van der Waals surface area contributed by atoms with E-state index in [0.717, 1.165) is 18.4 Å². The molecule has 1 fully saturated rings. The van der Waals surface area contributed by atoms with Gasteiger partial charge in [0, 0.05) is 25.6 Å². The van der Waals surface area contributed by atoms with Gasteiger partial charge < -0.3 is 19.7 Å². The molecule has 1 aromatic rings. The number of carbonyl (C=O) groups is 1. The van der Waals surface area contributed by atoms with Gasteiger partial charge >= 0.3 is 6.61 Å². The fourth-order valence-electron chi connectivity index (χ4n) is 3.34. The van der Waals surface area contributed by atoms with Crippen LogP contribution < -0.4 is 14.8 Å². The van der Waals surface area contributed by atoms with Crippen molar-refractivity contribution in [2.24, 2.45) is 0 Å². The largest absolute Gasteiger partial charge is 0.490 e. The van der Waals surface area contributed by atoms with Gasteiger partial charge in [-0.15, -0.1) is 0 Å². The van der Waals surface area contributed by atoms with Gasteiger partial charge in [0.1, 0.15) is 0 Å². The molecule has 1 aliphatic rings. The van der Waals surface area contributed by atoms with Crippen molar-refractivity contribution in [2.75, 3.05) is 20.2 Å². The number of benzene rings is 1. The molecule has 0 unspecified atom stereocenters. The summed E-state index contributed by atoms with van der Waals surface area (Å²) >= 11 is 0. The lowest BCUT2D eigenvalue weighted by Gasteiger charge is -2.23. The second kappa shape index (κ2) is 11.1. The maximum atomic E-state index is 12.5. The van der Waals surface area contributed by atoms with E-state index in [-0.39, 0.29) is 11.7 Å². The Labute approximate surface area is 160 Å². The highest BCUT2D eigenvalue weighted by atomic mass is 19.3. The highest BCUT2D eigenvalue weighted by molar-refractivity contribution is 5.76. The van der Waals surface area contributed by atoms with Gasteiger partial charge in [0.25, 0.3) is 0 Å². The molecule has 0 aromatic heterocycles. The molecule has 1 aromatic carbocycles. The van der Waals surface area contributed by atoms with Crippen LogP contribution in [0.15, 0.2) is 18.2 Å². The Morgan fingerprint density at radius 1 is 1.26 bits per heavy atom. The van der Waals surface area contributed by atoms with Crippen LogP contribution in [0.2, 0.25) is 0 Å². The lowest BCUT2D eigenvalue weighted by Crippen LogP contribution is -2.37. The first-order valence-corrected chi connectivity index (χ1v) is 9.66. The molecular weight excluding hydrogens is 354 g/mol. The number of hydrogen-bond acceptors (Lipinski definition) is 4. The molecule has 0 aliphatic heterocycles. The number of amides is 1. The molecule has 1 aliphatic carbocycles. The van der Waals surface area contributed by atoms with Crippen molar-refractivity contribution in [1.82, 2.24) is 10.2 Å². The molecule has 0 bridgehead atoms. The Morgan fingerprint density at radius 2 is 2.00 bits per heavy atom. The summed E-state index contributed by atoms with van der Waals surface area (Å²) in [5.41, 5.74) is 0.912. The number of alkyl halides is 2. The van der Waals surface area contributed by atoms with Gasteiger partial charge in [-0.25, -0.2) is 0 Å². The van der Waals surface area contributed by atoms with E-state index in [4.69, 9.17) is 4.74 Å². The van der Waals surface area contributed by atoms with E-state index in [1.165, 1.54) is 25.3 Å². The van der Waals surface area contributed by atoms with Crippen LogP contribution in [0.3, 0.4) is 0 Å². The summed E-state index contributed by atoms with van der Waals surface area (Å²) in [6, 6.07) is 5.27. The first-order chi connectivity index (χ1) is 13.0. The van der Waals surface area contributed by atoms with Crippen LogP contribution in [-0.2, 0) is 11.3 Å². The van der Waals surface area contributed by atoms with Crippen molar-refractivity contribution >= 4 is 5.91 Å². The Bertz CT molecular complexity index is 593. The van der Waals surface area contributed by atoms with Crippen molar-refractivity contribution in [3.8, 4) is 11.5 Å². The van der Waals surface area contributed by atoms with Crippen LogP contribution in [0, 0.1) is 0 Å². The predicted molar refractivity (Wildman–Crippen MR) is 100 cm³/mol. The number of carbonyl (C=O) groups excluding carboxylic acids is 1. The molecule has 0 atom stereocenters. The molecule has 5 nitrogen and oxygen atoms in total. The summed E-state index contributed by atoms with van der Waals surface area (Å²) in [6.07, 6.45) is 6.25. The lowest BCUT2D eigenvalue weighted by molar-refractivity contribution is -0.122. The number of hydrogen-bond donors (Lipinski definition) is 1. The van der Waals surface area contributed by atoms with Crippen LogP contribution in [0.5, 0.6) is 11.5 Å². The Balaban J connectivity index is 1.82. The standard InChI is InChI=1S/C20H30F2N2O3/c1-3-26-18-13-15(9-10-17(18)27-20(21)22)14-24(2)12-11-19(25)23-16-7-5-4-6-8-16/h9-10,13,16,20H,3-8,11-12,14H2,1-2H3,(H,23,25). The summed E-state index contributed by atoms with van der Waals surface area (Å²) in [7, 11) is 1.93. The maximum absolute atomic E-state index is 12.5. The fraction of sp³-hybridized carbons (Fsp3) is 0.650. The van der Waals surface area contributed by atoms with E-state index in [1.807, 2.05) is 11.9 Å². The average molecular weight is 384 g/mol. The third-order valence-corrected chi connectivity index (χ3v) is 4.67. The first kappa shape index (κ1) is 21.4. The van der Waals surface area contributed by atoms with Crippen LogP contribution in [-0.4, -0.2) is 43.7 Å². The first-order valence-electron chi connectivity index (χ1n) is 9.66. The van der Waals surface area contributed by atoms with E-state index >= 15 is 0 Å². The molecular formula is C20H30F2N2O3. The summed E-state index contributed by atoms with van der Waals surface area (Å²) < 4.78 is 34.8. The van der Waals surface area contributed by atoms with E-state index in [1.54, 1.807) is 19.1 Å². The summed E-state index contributed by atoms with van der Waals surface area (Å²) in [5, 5.41) is 3.12. The normalized spacial score (nSPS) is 15.2. The van der Waals surface area contributed by atoms with E-state index in [0.29, 0.717) is 37.9 Å². The summed E-state index contributed by atoms with van der Waals surface area (Å²) in [5.74, 6) is 0.424. The molecule has 2 rings (SSSR count). The van der Waals surface area contributed by atoms with Gasteiger partial charge in [0.15, 0.2) is 11.5 Å². The highest BCUT2D eigenvalue weighted by Crippen LogP contribution is 2.30. The quantitative estimate of drug-likeness (QED) is 0.663.